The van der Waals surface area contributed by atoms with Crippen molar-refractivity contribution in [3.8, 4) is 44.5 Å². The van der Waals surface area contributed by atoms with Crippen LogP contribution < -0.4 is 4.90 Å². The third-order valence-corrected chi connectivity index (χ3v) is 10.5. The number of hydrogen-bond acceptors (Lipinski definition) is 2. The Morgan fingerprint density at radius 3 is 1.56 bits per heavy atom. The lowest BCUT2D eigenvalue weighted by atomic mass is 9.96. The molecule has 0 amide bonds. The van der Waals surface area contributed by atoms with E-state index in [1.807, 2.05) is 36.4 Å². The zero-order valence-corrected chi connectivity index (χ0v) is 31.9. The number of nitrogens with zero attached hydrogens (tertiary/aromatic N) is 1. The van der Waals surface area contributed by atoms with Crippen molar-refractivity contribution in [1.82, 2.24) is 0 Å². The van der Waals surface area contributed by atoms with Crippen LogP contribution in [0.3, 0.4) is 0 Å². The number of furan rings is 1. The van der Waals surface area contributed by atoms with Gasteiger partial charge < -0.3 is 9.32 Å². The monoisotopic (exact) mass is 815 g/mol. The summed E-state index contributed by atoms with van der Waals surface area (Å²) < 4.78 is 243. The van der Waals surface area contributed by atoms with Gasteiger partial charge in [0.1, 0.15) is 11.2 Å². The van der Waals surface area contributed by atoms with Crippen molar-refractivity contribution in [2.75, 3.05) is 4.90 Å². The highest BCUT2D eigenvalue weighted by atomic mass is 16.3. The summed E-state index contributed by atoms with van der Waals surface area (Å²) in [6.45, 7) is 0. The molecule has 0 saturated carbocycles. The molecule has 0 aliphatic heterocycles. The van der Waals surface area contributed by atoms with Crippen LogP contribution in [0, 0.1) is 0 Å². The molecule has 12 rings (SSSR count). The van der Waals surface area contributed by atoms with Crippen LogP contribution in [0.4, 0.5) is 17.1 Å². The number of hydrogen-bond donors (Lipinski definition) is 0. The second kappa shape index (κ2) is 14.8. The number of benzene rings is 11. The first kappa shape index (κ1) is 18.2. The fourth-order valence-electron chi connectivity index (χ4n) is 7.59. The zero-order valence-electron chi connectivity index (χ0n) is 57.9. The van der Waals surface area contributed by atoms with E-state index in [1.54, 1.807) is 30.3 Å². The number of fused-ring (bicyclic) bond motifs is 7. The first-order valence-corrected chi connectivity index (χ1v) is 19.1. The molecule has 0 spiro atoms. The zero-order chi connectivity index (χ0) is 63.6. The predicted octanol–water partition coefficient (Wildman–Crippen LogP) is 17.2. The van der Waals surface area contributed by atoms with Crippen LogP contribution in [0.2, 0.25) is 0 Å². The molecule has 2 heteroatoms. The topological polar surface area (TPSA) is 16.4 Å². The maximum Gasteiger partial charge on any atom is 0.143 e. The lowest BCUT2D eigenvalue weighted by molar-refractivity contribution is 0.672. The number of anilines is 3. The average Bonchev–Trinajstić information content (AvgIpc) is 0.910. The smallest absolute Gasteiger partial charge is 0.143 e. The van der Waals surface area contributed by atoms with Crippen molar-refractivity contribution < 1.29 is 40.1 Å². The molecule has 290 valence electrons. The fourth-order valence-corrected chi connectivity index (χ4v) is 7.59. The summed E-state index contributed by atoms with van der Waals surface area (Å²) in [5.74, 6) is 0. The van der Waals surface area contributed by atoms with Crippen molar-refractivity contribution in [2.24, 2.45) is 0 Å². The Bertz CT molecular complexity index is 5090. The third kappa shape index (κ3) is 6.12. The van der Waals surface area contributed by atoms with Gasteiger partial charge in [0.15, 0.2) is 0 Å². The minimum Gasteiger partial charge on any atom is -0.455 e. The van der Waals surface area contributed by atoms with Crippen molar-refractivity contribution in [2.45, 2.75) is 0 Å². The lowest BCUT2D eigenvalue weighted by Gasteiger charge is -2.28. The summed E-state index contributed by atoms with van der Waals surface area (Å²) in [6, 6.07) is -0.711. The molecule has 11 aromatic carbocycles. The molecule has 0 aliphatic carbocycles. The maximum atomic E-state index is 9.86. The van der Waals surface area contributed by atoms with E-state index in [0.29, 0.717) is 27.5 Å². The van der Waals surface area contributed by atoms with E-state index in [1.165, 1.54) is 12.1 Å². The predicted molar refractivity (Wildman–Crippen MR) is 263 cm³/mol. The maximum absolute atomic E-state index is 9.86. The molecule has 0 saturated heterocycles. The Kier molecular flexibility index (Phi) is 4.35. The van der Waals surface area contributed by atoms with Crippen molar-refractivity contribution >= 4 is 71.3 Å². The van der Waals surface area contributed by atoms with Crippen LogP contribution in [0.25, 0.3) is 98.8 Å². The molecule has 1 aromatic heterocycles. The van der Waals surface area contributed by atoms with E-state index in [0.717, 1.165) is 15.7 Å². The van der Waals surface area contributed by atoms with Crippen LogP contribution >= 0.6 is 0 Å². The molecule has 0 fully saturated rings. The second-order valence-corrected chi connectivity index (χ2v) is 14.0. The van der Waals surface area contributed by atoms with E-state index in [2.05, 4.69) is 0 Å². The molecule has 0 bridgehead atoms. The normalized spacial score (nSPS) is 17.4. The molecule has 0 unspecified atom stereocenters. The van der Waals surface area contributed by atoms with Crippen molar-refractivity contribution in [1.29, 1.82) is 0 Å². The first-order chi connectivity index (χ1) is 41.6. The molecule has 0 aliphatic rings. The van der Waals surface area contributed by atoms with Crippen molar-refractivity contribution in [3.05, 3.63) is 236 Å². The summed E-state index contributed by atoms with van der Waals surface area (Å²) in [4.78, 5) is 0.944. The molecule has 0 radical (unpaired) electrons. The van der Waals surface area contributed by atoms with Crippen LogP contribution in [0.15, 0.2) is 240 Å². The summed E-state index contributed by atoms with van der Waals surface area (Å²) in [7, 11) is 0. The molecule has 62 heavy (non-hydrogen) atoms. The van der Waals surface area contributed by atoms with E-state index >= 15 is 0 Å². The van der Waals surface area contributed by atoms with E-state index in [4.69, 9.17) is 23.6 Å². The molecular weight excluding hydrogens is 751 g/mol. The Balaban J connectivity index is 1.15. The van der Waals surface area contributed by atoms with Gasteiger partial charge in [-0.15, -0.1) is 0 Å². The Hall–Kier alpha value is -8.20. The minimum atomic E-state index is -1.02. The molecule has 0 atom stereocenters. The second-order valence-electron chi connectivity index (χ2n) is 14.0. The van der Waals surface area contributed by atoms with E-state index in [9.17, 15) is 16.4 Å². The first-order valence-electron chi connectivity index (χ1n) is 32.1. The molecule has 12 aromatic rings. The van der Waals surface area contributed by atoms with Crippen LogP contribution in [-0.2, 0) is 0 Å². The van der Waals surface area contributed by atoms with Gasteiger partial charge in [0.2, 0.25) is 0 Å². The van der Waals surface area contributed by atoms with Gasteiger partial charge in [-0.05, 0) is 114 Å². The van der Waals surface area contributed by atoms with Crippen LogP contribution in [0.5, 0.6) is 0 Å². The van der Waals surface area contributed by atoms with Gasteiger partial charge in [0.25, 0.3) is 0 Å². The Labute approximate surface area is 396 Å². The van der Waals surface area contributed by atoms with Gasteiger partial charge in [-0.2, -0.15) is 0 Å². The fraction of sp³-hybridized carbons (Fsp3) is 0. The van der Waals surface area contributed by atoms with Gasteiger partial charge in [-0.1, -0.05) is 188 Å². The average molecular weight is 816 g/mol. The SMILES string of the molecule is [2H]c1c([2H])c(-c2c([2H])c([2H])c([2H])c3c([2H])c([2H])c([2H])c([2H])c23)c([2H])c([2H])c1-c1c([2H])c([2H])c(N(c2ccccc2-c2ccc3oc4c5ccccc5ccc4c3c2)c2c([2H])c([2H])c(-c3c([2H])c([2H])c([2H])c4c([2H])c([2H])c([2H])c([2H])c34)c([2H])c2[2H])c([2H])c1[2H]. The molecule has 1 heterocycles. The Morgan fingerprint density at radius 2 is 0.887 bits per heavy atom. The van der Waals surface area contributed by atoms with E-state index in [-0.39, 0.29) is 11.3 Å². The third-order valence-electron chi connectivity index (χ3n) is 10.5. The standard InChI is InChI=1S/C60H39NO/c1-4-16-50-42(11-1)14-9-20-52(50)45-25-23-40(24-26-45)41-27-33-48(34-28-41)61(49-35-29-46(30-36-49)53-21-10-15-43-12-2-5-17-51(43)53)58-22-8-7-18-54(58)47-32-38-59-57(39-47)56-37-31-44-13-3-6-19-55(44)60(56)62-59/h1-39H/i1D,2D,4D,5D,9D,10D,11D,12D,14D,15D,16D,17D,20D,21D,23D,24D,25D,26D,27D,28D,29D,30D,33D,34D,35D,36D. The van der Waals surface area contributed by atoms with Crippen LogP contribution in [-0.4, -0.2) is 0 Å². The van der Waals surface area contributed by atoms with Gasteiger partial charge in [0.05, 0.1) is 41.3 Å². The minimum absolute atomic E-state index is 0.0904. The highest BCUT2D eigenvalue weighted by molar-refractivity contribution is 6.15. The van der Waals surface area contributed by atoms with Crippen molar-refractivity contribution in [3.63, 3.8) is 0 Å². The van der Waals surface area contributed by atoms with E-state index < -0.39 is 223 Å². The summed E-state index contributed by atoms with van der Waals surface area (Å²) in [5, 5.41) is 0.889. The number of para-hydroxylation sites is 1. The highest BCUT2D eigenvalue weighted by Crippen LogP contribution is 2.44. The quantitative estimate of drug-likeness (QED) is 0.159. The summed E-state index contributed by atoms with van der Waals surface area (Å²) >= 11 is 0. The summed E-state index contributed by atoms with van der Waals surface area (Å²) in [6.07, 6.45) is 0. The Morgan fingerprint density at radius 1 is 0.339 bits per heavy atom. The molecular formula is C60H39NO. The largest absolute Gasteiger partial charge is 0.455 e. The van der Waals surface area contributed by atoms with Gasteiger partial charge >= 0.3 is 0 Å². The number of rotatable bonds is 7. The molecule has 0 N–H and O–H groups in total. The van der Waals surface area contributed by atoms with Gasteiger partial charge in [-0.3, -0.25) is 0 Å². The molecule has 2 nitrogen and oxygen atoms in total. The summed E-state index contributed by atoms with van der Waals surface area (Å²) in [5.41, 5.74) is -4.28. The van der Waals surface area contributed by atoms with Crippen LogP contribution in [0.1, 0.15) is 35.6 Å². The van der Waals surface area contributed by atoms with Gasteiger partial charge in [0, 0.05) is 33.1 Å². The lowest BCUT2D eigenvalue weighted by Crippen LogP contribution is -2.11. The van der Waals surface area contributed by atoms with Gasteiger partial charge in [-0.25, -0.2) is 0 Å². The highest BCUT2D eigenvalue weighted by Gasteiger charge is 2.19.